The Labute approximate surface area is 110 Å². The maximum absolute atomic E-state index is 7.36. The molecule has 2 aromatic rings. The SMILES string of the molecule is Cl.N=C(N)c1ccc2cc3c(cc2n1)OCCO3. The second kappa shape index (κ2) is 4.70. The van der Waals surface area contributed by atoms with Gasteiger partial charge in [0.05, 0.1) is 5.52 Å². The van der Waals surface area contributed by atoms with E-state index in [1.807, 2.05) is 18.2 Å². The Bertz CT molecular complexity index is 616. The first-order valence-electron chi connectivity index (χ1n) is 5.29. The maximum Gasteiger partial charge on any atom is 0.163 e. The van der Waals surface area contributed by atoms with Gasteiger partial charge in [0, 0.05) is 11.5 Å². The predicted molar refractivity (Wildman–Crippen MR) is 71.0 cm³/mol. The van der Waals surface area contributed by atoms with Crippen molar-refractivity contribution >= 4 is 29.1 Å². The molecule has 2 heterocycles. The average molecular weight is 266 g/mol. The number of ether oxygens (including phenoxy) is 2. The summed E-state index contributed by atoms with van der Waals surface area (Å²) in [4.78, 5) is 4.30. The van der Waals surface area contributed by atoms with Gasteiger partial charge in [-0.2, -0.15) is 0 Å². The van der Waals surface area contributed by atoms with Crippen molar-refractivity contribution in [2.24, 2.45) is 5.73 Å². The van der Waals surface area contributed by atoms with Crippen LogP contribution in [-0.4, -0.2) is 24.0 Å². The highest BCUT2D eigenvalue weighted by atomic mass is 35.5. The highest BCUT2D eigenvalue weighted by Gasteiger charge is 2.13. The van der Waals surface area contributed by atoms with E-state index in [1.54, 1.807) is 6.07 Å². The van der Waals surface area contributed by atoms with Gasteiger partial charge in [0.1, 0.15) is 24.7 Å². The Morgan fingerprint density at radius 2 is 1.83 bits per heavy atom. The second-order valence-electron chi connectivity index (χ2n) is 3.80. The van der Waals surface area contributed by atoms with E-state index in [0.717, 1.165) is 16.7 Å². The first kappa shape index (κ1) is 12.4. The number of hydrogen-bond donors (Lipinski definition) is 2. The van der Waals surface area contributed by atoms with Crippen LogP contribution in [0, 0.1) is 5.41 Å². The van der Waals surface area contributed by atoms with Crippen molar-refractivity contribution in [2.45, 2.75) is 0 Å². The molecule has 1 aromatic heterocycles. The van der Waals surface area contributed by atoms with Crippen molar-refractivity contribution < 1.29 is 9.47 Å². The van der Waals surface area contributed by atoms with Gasteiger partial charge in [0.15, 0.2) is 11.5 Å². The summed E-state index contributed by atoms with van der Waals surface area (Å²) < 4.78 is 11.0. The van der Waals surface area contributed by atoms with E-state index >= 15 is 0 Å². The smallest absolute Gasteiger partial charge is 0.163 e. The zero-order valence-electron chi connectivity index (χ0n) is 9.47. The molecule has 0 saturated carbocycles. The molecule has 3 N–H and O–H groups in total. The second-order valence-corrected chi connectivity index (χ2v) is 3.80. The van der Waals surface area contributed by atoms with Crippen molar-refractivity contribution in [1.82, 2.24) is 4.98 Å². The molecule has 0 bridgehead atoms. The summed E-state index contributed by atoms with van der Waals surface area (Å²) in [7, 11) is 0. The van der Waals surface area contributed by atoms with Gasteiger partial charge in [-0.05, 0) is 12.1 Å². The van der Waals surface area contributed by atoms with E-state index in [1.165, 1.54) is 0 Å². The molecule has 0 aliphatic carbocycles. The van der Waals surface area contributed by atoms with E-state index in [2.05, 4.69) is 4.98 Å². The highest BCUT2D eigenvalue weighted by molar-refractivity contribution is 5.95. The first-order chi connectivity index (χ1) is 8.24. The molecule has 5 nitrogen and oxygen atoms in total. The Hall–Kier alpha value is -2.01. The standard InChI is InChI=1S/C12H11N3O2.ClH/c13-12(14)8-2-1-7-5-10-11(6-9(7)15-8)17-4-3-16-10;/h1-2,5-6H,3-4H2,(H3,13,14);1H. The van der Waals surface area contributed by atoms with Crippen LogP contribution < -0.4 is 15.2 Å². The van der Waals surface area contributed by atoms with Crippen LogP contribution in [0.5, 0.6) is 11.5 Å². The average Bonchev–Trinajstić information content (AvgIpc) is 2.35. The third-order valence-corrected chi connectivity index (χ3v) is 2.63. The first-order valence-corrected chi connectivity index (χ1v) is 5.29. The Kier molecular flexibility index (Phi) is 3.25. The number of rotatable bonds is 1. The van der Waals surface area contributed by atoms with Crippen LogP contribution in [-0.2, 0) is 0 Å². The van der Waals surface area contributed by atoms with Gasteiger partial charge in [-0.15, -0.1) is 12.4 Å². The molecule has 0 atom stereocenters. The van der Waals surface area contributed by atoms with Crippen LogP contribution >= 0.6 is 12.4 Å². The highest BCUT2D eigenvalue weighted by Crippen LogP contribution is 2.33. The van der Waals surface area contributed by atoms with Gasteiger partial charge in [-0.3, -0.25) is 5.41 Å². The van der Waals surface area contributed by atoms with E-state index in [9.17, 15) is 0 Å². The summed E-state index contributed by atoms with van der Waals surface area (Å²) in [5, 5.41) is 8.30. The molecule has 18 heavy (non-hydrogen) atoms. The van der Waals surface area contributed by atoms with Crippen molar-refractivity contribution in [3.63, 3.8) is 0 Å². The molecule has 1 aliphatic heterocycles. The van der Waals surface area contributed by atoms with Crippen LogP contribution in [0.25, 0.3) is 10.9 Å². The maximum atomic E-state index is 7.36. The zero-order chi connectivity index (χ0) is 11.8. The number of hydrogen-bond acceptors (Lipinski definition) is 4. The van der Waals surface area contributed by atoms with E-state index in [-0.39, 0.29) is 18.2 Å². The number of fused-ring (bicyclic) bond motifs is 2. The molecule has 0 fully saturated rings. The number of nitrogens with one attached hydrogen (secondary N) is 1. The Morgan fingerprint density at radius 1 is 1.17 bits per heavy atom. The molecular weight excluding hydrogens is 254 g/mol. The molecule has 0 radical (unpaired) electrons. The number of amidine groups is 1. The third kappa shape index (κ3) is 2.04. The fourth-order valence-electron chi connectivity index (χ4n) is 1.81. The third-order valence-electron chi connectivity index (χ3n) is 2.63. The molecule has 94 valence electrons. The topological polar surface area (TPSA) is 81.2 Å². The van der Waals surface area contributed by atoms with Crippen molar-refractivity contribution in [3.05, 3.63) is 30.0 Å². The normalized spacial score (nSPS) is 12.9. The lowest BCUT2D eigenvalue weighted by molar-refractivity contribution is 0.172. The predicted octanol–water partition coefficient (Wildman–Crippen LogP) is 1.71. The molecule has 6 heteroatoms. The fourth-order valence-corrected chi connectivity index (χ4v) is 1.81. The van der Waals surface area contributed by atoms with Gasteiger partial charge >= 0.3 is 0 Å². The number of halogens is 1. The summed E-state index contributed by atoms with van der Waals surface area (Å²) in [6.45, 7) is 1.11. The molecular formula is C12H12ClN3O2. The Morgan fingerprint density at radius 3 is 2.50 bits per heavy atom. The fraction of sp³-hybridized carbons (Fsp3) is 0.167. The van der Waals surface area contributed by atoms with Gasteiger partial charge in [0.2, 0.25) is 0 Å². The quantitative estimate of drug-likeness (QED) is 0.608. The summed E-state index contributed by atoms with van der Waals surface area (Å²) in [5.74, 6) is 1.39. The molecule has 0 saturated heterocycles. The minimum atomic E-state index is -0.0400. The minimum absolute atomic E-state index is 0. The summed E-state index contributed by atoms with van der Waals surface area (Å²) >= 11 is 0. The Balaban J connectivity index is 0.00000120. The molecule has 1 aromatic carbocycles. The molecule has 0 spiro atoms. The van der Waals surface area contributed by atoms with Gasteiger partial charge < -0.3 is 15.2 Å². The van der Waals surface area contributed by atoms with E-state index in [0.29, 0.717) is 24.7 Å². The van der Waals surface area contributed by atoms with Crippen LogP contribution in [0.3, 0.4) is 0 Å². The number of nitrogens with zero attached hydrogens (tertiary/aromatic N) is 1. The van der Waals surface area contributed by atoms with E-state index < -0.39 is 0 Å². The zero-order valence-corrected chi connectivity index (χ0v) is 10.3. The molecule has 1 aliphatic rings. The lowest BCUT2D eigenvalue weighted by atomic mass is 10.1. The van der Waals surface area contributed by atoms with Gasteiger partial charge in [-0.25, -0.2) is 4.98 Å². The number of nitrogen functional groups attached to an aromatic ring is 1. The monoisotopic (exact) mass is 265 g/mol. The van der Waals surface area contributed by atoms with Crippen LogP contribution in [0.1, 0.15) is 5.69 Å². The van der Waals surface area contributed by atoms with Crippen molar-refractivity contribution in [3.8, 4) is 11.5 Å². The molecule has 0 amide bonds. The number of pyridine rings is 1. The van der Waals surface area contributed by atoms with Crippen LogP contribution in [0.15, 0.2) is 24.3 Å². The lowest BCUT2D eigenvalue weighted by Crippen LogP contribution is -2.15. The van der Waals surface area contributed by atoms with Crippen LogP contribution in [0.2, 0.25) is 0 Å². The molecule has 3 rings (SSSR count). The molecule has 0 unspecified atom stereocenters. The van der Waals surface area contributed by atoms with Crippen molar-refractivity contribution in [1.29, 1.82) is 5.41 Å². The number of aromatic nitrogens is 1. The lowest BCUT2D eigenvalue weighted by Gasteiger charge is -2.18. The summed E-state index contributed by atoms with van der Waals surface area (Å²) in [6, 6.07) is 7.30. The minimum Gasteiger partial charge on any atom is -0.486 e. The largest absolute Gasteiger partial charge is 0.486 e. The summed E-state index contributed by atoms with van der Waals surface area (Å²) in [6.07, 6.45) is 0. The number of nitrogens with two attached hydrogens (primary N) is 1. The van der Waals surface area contributed by atoms with Crippen LogP contribution in [0.4, 0.5) is 0 Å². The summed E-state index contributed by atoms with van der Waals surface area (Å²) in [5.41, 5.74) is 6.63. The van der Waals surface area contributed by atoms with Crippen molar-refractivity contribution in [2.75, 3.05) is 13.2 Å². The number of benzene rings is 1. The van der Waals surface area contributed by atoms with Gasteiger partial charge in [-0.1, -0.05) is 6.07 Å². The van der Waals surface area contributed by atoms with Gasteiger partial charge in [0.25, 0.3) is 0 Å². The van der Waals surface area contributed by atoms with E-state index in [4.69, 9.17) is 20.6 Å².